The van der Waals surface area contributed by atoms with Crippen molar-refractivity contribution in [1.82, 2.24) is 0 Å². The number of hydrogen-bond donors (Lipinski definition) is 0. The van der Waals surface area contributed by atoms with Crippen LogP contribution >= 0.6 is 0 Å². The number of alkyl halides is 2. The summed E-state index contributed by atoms with van der Waals surface area (Å²) in [5, 5.41) is 0. The summed E-state index contributed by atoms with van der Waals surface area (Å²) in [4.78, 5) is 0. The molecule has 0 N–H and O–H groups in total. The number of fused-ring (bicyclic) bond motifs is 2. The Labute approximate surface area is 92.4 Å². The van der Waals surface area contributed by atoms with E-state index in [0.29, 0.717) is 26.6 Å². The van der Waals surface area contributed by atoms with Gasteiger partial charge in [-0.15, -0.1) is 0 Å². The van der Waals surface area contributed by atoms with Crippen molar-refractivity contribution >= 4 is 0 Å². The van der Waals surface area contributed by atoms with Gasteiger partial charge in [-0.25, -0.2) is 0 Å². The molecule has 1 heteroatoms. The van der Waals surface area contributed by atoms with Crippen molar-refractivity contribution in [2.24, 2.45) is 11.3 Å². The van der Waals surface area contributed by atoms with Crippen LogP contribution in [0.15, 0.2) is 11.6 Å². The minimum atomic E-state index is 0.518. The topological polar surface area (TPSA) is 0 Å². The van der Waals surface area contributed by atoms with Gasteiger partial charge in [-0.1, -0.05) is 0 Å². The fourth-order valence-corrected chi connectivity index (χ4v) is 7.45. The summed E-state index contributed by atoms with van der Waals surface area (Å²) in [5.74, 6) is 1.01. The van der Waals surface area contributed by atoms with E-state index in [9.17, 15) is 0 Å². The van der Waals surface area contributed by atoms with Crippen LogP contribution in [0.4, 0.5) is 0 Å². The molecule has 76 valence electrons. The Morgan fingerprint density at radius 3 is 2.85 bits per heavy atom. The van der Waals surface area contributed by atoms with Crippen LogP contribution in [0.25, 0.3) is 0 Å². The molecule has 2 unspecified atom stereocenters. The molecule has 3 atom stereocenters. The average molecular weight is 291 g/mol. The number of allylic oxidation sites excluding steroid dienone is 2. The van der Waals surface area contributed by atoms with E-state index in [1.54, 1.807) is 0 Å². The van der Waals surface area contributed by atoms with E-state index in [4.69, 9.17) is 0 Å². The van der Waals surface area contributed by atoms with Gasteiger partial charge in [-0.05, 0) is 0 Å². The van der Waals surface area contributed by atoms with E-state index in [1.165, 1.54) is 23.7 Å². The molecule has 1 aliphatic heterocycles. The van der Waals surface area contributed by atoms with Crippen LogP contribution in [0.1, 0.15) is 40.0 Å². The van der Waals surface area contributed by atoms with Crippen molar-refractivity contribution in [2.45, 2.75) is 44.0 Å². The van der Waals surface area contributed by atoms with Crippen molar-refractivity contribution < 1.29 is 21.2 Å². The molecule has 1 aliphatic carbocycles. The summed E-state index contributed by atoms with van der Waals surface area (Å²) in [6.45, 7) is 7.18. The number of rotatable bonds is 2. The number of hydrogen-bond acceptors (Lipinski definition) is 0. The van der Waals surface area contributed by atoms with Gasteiger partial charge in [0.15, 0.2) is 0 Å². The average Bonchev–Trinajstić information content (AvgIpc) is 2.39. The summed E-state index contributed by atoms with van der Waals surface area (Å²) in [7, 11) is 0. The van der Waals surface area contributed by atoms with Gasteiger partial charge in [0, 0.05) is 0 Å². The third-order valence-corrected chi connectivity index (χ3v) is 7.55. The van der Waals surface area contributed by atoms with Crippen LogP contribution in [0.3, 0.4) is 0 Å². The molecule has 0 amide bonds. The maximum absolute atomic E-state index is 2.64. The van der Waals surface area contributed by atoms with Crippen LogP contribution in [-0.4, -0.2) is 8.35 Å². The first-order valence-electron chi connectivity index (χ1n) is 5.48. The quantitative estimate of drug-likeness (QED) is 0.388. The molecule has 0 aromatic carbocycles. The fourth-order valence-electron chi connectivity index (χ4n) is 2.69. The first kappa shape index (κ1) is 10.0. The van der Waals surface area contributed by atoms with Crippen molar-refractivity contribution in [1.29, 1.82) is 0 Å². The van der Waals surface area contributed by atoms with Gasteiger partial charge in [0.2, 0.25) is 0 Å². The normalized spacial score (nSPS) is 44.1. The van der Waals surface area contributed by atoms with Crippen molar-refractivity contribution in [3.63, 3.8) is 0 Å². The number of halogens is 1. The van der Waals surface area contributed by atoms with Crippen molar-refractivity contribution in [3.05, 3.63) is 11.6 Å². The van der Waals surface area contributed by atoms with Crippen molar-refractivity contribution in [2.75, 3.05) is 4.43 Å². The van der Waals surface area contributed by atoms with Gasteiger partial charge in [0.1, 0.15) is 0 Å². The molecule has 0 radical (unpaired) electrons. The third-order valence-electron chi connectivity index (χ3n) is 3.79. The molecular formula is C12H20I-. The third kappa shape index (κ3) is 1.69. The van der Waals surface area contributed by atoms with Gasteiger partial charge in [0.25, 0.3) is 0 Å². The van der Waals surface area contributed by atoms with Gasteiger partial charge in [-0.3, -0.25) is 0 Å². The Morgan fingerprint density at radius 2 is 2.31 bits per heavy atom. The zero-order valence-electron chi connectivity index (χ0n) is 8.94. The molecule has 1 saturated heterocycles. The van der Waals surface area contributed by atoms with E-state index < -0.39 is 0 Å². The van der Waals surface area contributed by atoms with E-state index in [1.807, 2.05) is 5.57 Å². The zero-order valence-corrected chi connectivity index (χ0v) is 11.1. The van der Waals surface area contributed by atoms with Gasteiger partial charge >= 0.3 is 92.6 Å². The Morgan fingerprint density at radius 1 is 1.54 bits per heavy atom. The van der Waals surface area contributed by atoms with Crippen LogP contribution in [0.5, 0.6) is 0 Å². The molecule has 2 bridgehead atoms. The van der Waals surface area contributed by atoms with Crippen LogP contribution < -0.4 is 21.2 Å². The molecule has 0 saturated carbocycles. The summed E-state index contributed by atoms with van der Waals surface area (Å²) in [6.07, 6.45) is 6.88. The maximum atomic E-state index is 2.64. The van der Waals surface area contributed by atoms with Gasteiger partial charge in [-0.2, -0.15) is 0 Å². The Kier molecular flexibility index (Phi) is 2.74. The van der Waals surface area contributed by atoms with E-state index >= 15 is 0 Å². The zero-order chi connectivity index (χ0) is 9.47. The van der Waals surface area contributed by atoms with E-state index in [2.05, 4.69) is 26.8 Å². The second-order valence-electron chi connectivity index (χ2n) is 4.75. The summed E-state index contributed by atoms with van der Waals surface area (Å²) in [5.41, 5.74) is 2.41. The summed E-state index contributed by atoms with van der Waals surface area (Å²) in [6, 6.07) is 0. The van der Waals surface area contributed by atoms with Gasteiger partial charge in [0.05, 0.1) is 0 Å². The van der Waals surface area contributed by atoms with Crippen LogP contribution in [0, 0.1) is 11.3 Å². The van der Waals surface area contributed by atoms with Crippen LogP contribution in [-0.2, 0) is 0 Å². The standard InChI is InChI=1S/C12H20I/c1-4-10-9-6-12(3,5-2)7-11(10)13-8-9/h6,10-11H,4-5,7-8H2,1-3H3/q-1/t10?,11-,12?/m0/s1. The van der Waals surface area contributed by atoms with Crippen LogP contribution in [0.2, 0.25) is 0 Å². The summed E-state index contributed by atoms with van der Waals surface area (Å²) >= 11 is 0.518. The molecular weight excluding hydrogens is 271 g/mol. The van der Waals surface area contributed by atoms with Crippen molar-refractivity contribution in [3.8, 4) is 0 Å². The SMILES string of the molecule is CCC1C2=CC(C)(CC)C[C@@H]1[I-]C2. The second-order valence-corrected chi connectivity index (χ2v) is 7.99. The molecule has 1 heterocycles. The Hall–Kier alpha value is 0.470. The first-order valence-corrected chi connectivity index (χ1v) is 8.25. The molecule has 0 aromatic rings. The predicted octanol–water partition coefficient (Wildman–Crippen LogP) is 0.230. The van der Waals surface area contributed by atoms with E-state index in [-0.39, 0.29) is 0 Å². The Bertz CT molecular complexity index is 231. The molecule has 2 rings (SSSR count). The summed E-state index contributed by atoms with van der Waals surface area (Å²) < 4.78 is 2.64. The second kappa shape index (κ2) is 3.56. The molecule has 0 nitrogen and oxygen atoms in total. The molecule has 13 heavy (non-hydrogen) atoms. The molecule has 0 spiro atoms. The molecule has 1 fully saturated rings. The minimum absolute atomic E-state index is 0.518. The monoisotopic (exact) mass is 291 g/mol. The van der Waals surface area contributed by atoms with E-state index in [0.717, 1.165) is 9.84 Å². The Balaban J connectivity index is 2.25. The predicted molar refractivity (Wildman–Crippen MR) is 53.5 cm³/mol. The molecule has 2 aliphatic rings. The first-order chi connectivity index (χ1) is 6.18. The fraction of sp³-hybridized carbons (Fsp3) is 0.833. The van der Waals surface area contributed by atoms with Gasteiger partial charge < -0.3 is 0 Å². The molecule has 0 aromatic heterocycles.